The number of carbonyl (C=O) groups excluding carboxylic acids is 1. The fourth-order valence-corrected chi connectivity index (χ4v) is 2.92. The molecule has 2 aromatic rings. The summed E-state index contributed by atoms with van der Waals surface area (Å²) >= 11 is 0. The Morgan fingerprint density at radius 2 is 1.92 bits per heavy atom. The van der Waals surface area contributed by atoms with Crippen LogP contribution in [0.5, 0.6) is 5.75 Å². The van der Waals surface area contributed by atoms with E-state index in [4.69, 9.17) is 4.74 Å². The molecule has 1 aliphatic heterocycles. The molecule has 1 aromatic heterocycles. The maximum absolute atomic E-state index is 12.5. The smallest absolute Gasteiger partial charge is 0.259 e. The number of rotatable bonds is 5. The van der Waals surface area contributed by atoms with E-state index in [1.165, 1.54) is 19.3 Å². The standard InChI is InChI=1S/C19H24N4O2/c1-3-25-16-9-7-15(8-10-16)22-18(24)17-13-20-19(21-14(17)2)23-11-5-4-6-12-23/h7-10,13H,3-6,11-12H2,1-2H3,(H,22,24). The lowest BCUT2D eigenvalue weighted by atomic mass is 10.1. The molecule has 132 valence electrons. The first-order chi connectivity index (χ1) is 12.2. The number of amides is 1. The van der Waals surface area contributed by atoms with E-state index in [0.29, 0.717) is 23.6 Å². The van der Waals surface area contributed by atoms with Crippen molar-refractivity contribution in [2.24, 2.45) is 0 Å². The Morgan fingerprint density at radius 3 is 2.56 bits per heavy atom. The van der Waals surface area contributed by atoms with Gasteiger partial charge in [-0.25, -0.2) is 9.97 Å². The second kappa shape index (κ2) is 7.96. The molecule has 0 saturated carbocycles. The Kier molecular flexibility index (Phi) is 5.48. The molecule has 3 rings (SSSR count). The molecule has 6 nitrogen and oxygen atoms in total. The monoisotopic (exact) mass is 340 g/mol. The largest absolute Gasteiger partial charge is 0.494 e. The fraction of sp³-hybridized carbons (Fsp3) is 0.421. The topological polar surface area (TPSA) is 67.3 Å². The van der Waals surface area contributed by atoms with Crippen LogP contribution in [0.2, 0.25) is 0 Å². The highest BCUT2D eigenvalue weighted by atomic mass is 16.5. The van der Waals surface area contributed by atoms with Crippen LogP contribution in [0.1, 0.15) is 42.2 Å². The maximum atomic E-state index is 12.5. The number of carbonyl (C=O) groups is 1. The Bertz CT molecular complexity index is 725. The average molecular weight is 340 g/mol. The molecule has 1 aliphatic rings. The molecule has 0 bridgehead atoms. The van der Waals surface area contributed by atoms with E-state index in [0.717, 1.165) is 24.8 Å². The van der Waals surface area contributed by atoms with E-state index >= 15 is 0 Å². The minimum atomic E-state index is -0.202. The van der Waals surface area contributed by atoms with Gasteiger partial charge in [-0.2, -0.15) is 0 Å². The Morgan fingerprint density at radius 1 is 1.20 bits per heavy atom. The number of nitrogens with one attached hydrogen (secondary N) is 1. The van der Waals surface area contributed by atoms with Gasteiger partial charge in [-0.05, 0) is 57.4 Å². The van der Waals surface area contributed by atoms with Crippen molar-refractivity contribution < 1.29 is 9.53 Å². The average Bonchev–Trinajstić information content (AvgIpc) is 2.64. The van der Waals surface area contributed by atoms with Crippen molar-refractivity contribution in [2.45, 2.75) is 33.1 Å². The van der Waals surface area contributed by atoms with E-state index in [9.17, 15) is 4.79 Å². The normalized spacial score (nSPS) is 14.2. The maximum Gasteiger partial charge on any atom is 0.259 e. The van der Waals surface area contributed by atoms with E-state index in [1.54, 1.807) is 6.20 Å². The zero-order valence-corrected chi connectivity index (χ0v) is 14.8. The number of nitrogens with zero attached hydrogens (tertiary/aromatic N) is 3. The third-order valence-electron chi connectivity index (χ3n) is 4.27. The first-order valence-electron chi connectivity index (χ1n) is 8.80. The van der Waals surface area contributed by atoms with Gasteiger partial charge < -0.3 is 15.0 Å². The van der Waals surface area contributed by atoms with Crippen molar-refractivity contribution in [1.29, 1.82) is 0 Å². The van der Waals surface area contributed by atoms with Crippen LogP contribution in [0.4, 0.5) is 11.6 Å². The highest BCUT2D eigenvalue weighted by Crippen LogP contribution is 2.19. The van der Waals surface area contributed by atoms with Crippen LogP contribution in [0.15, 0.2) is 30.5 Å². The van der Waals surface area contributed by atoms with Crippen LogP contribution in [-0.2, 0) is 0 Å². The number of anilines is 2. The zero-order valence-electron chi connectivity index (χ0n) is 14.8. The van der Waals surface area contributed by atoms with Crippen molar-refractivity contribution in [3.63, 3.8) is 0 Å². The lowest BCUT2D eigenvalue weighted by Crippen LogP contribution is -2.31. The quantitative estimate of drug-likeness (QED) is 0.903. The minimum Gasteiger partial charge on any atom is -0.494 e. The van der Waals surface area contributed by atoms with Crippen molar-refractivity contribution in [3.05, 3.63) is 41.7 Å². The molecule has 2 heterocycles. The van der Waals surface area contributed by atoms with Crippen molar-refractivity contribution in [1.82, 2.24) is 9.97 Å². The number of benzene rings is 1. The van der Waals surface area contributed by atoms with E-state index in [2.05, 4.69) is 20.2 Å². The number of piperidine rings is 1. The molecule has 1 aromatic carbocycles. The van der Waals surface area contributed by atoms with Crippen LogP contribution in [0, 0.1) is 6.92 Å². The predicted octanol–water partition coefficient (Wildman–Crippen LogP) is 3.43. The van der Waals surface area contributed by atoms with Gasteiger partial charge in [0.1, 0.15) is 5.75 Å². The summed E-state index contributed by atoms with van der Waals surface area (Å²) in [4.78, 5) is 23.6. The molecular formula is C19H24N4O2. The van der Waals surface area contributed by atoms with Crippen molar-refractivity contribution >= 4 is 17.5 Å². The Balaban J connectivity index is 1.69. The van der Waals surface area contributed by atoms with E-state index in [-0.39, 0.29) is 5.91 Å². The summed E-state index contributed by atoms with van der Waals surface area (Å²) in [5, 5.41) is 2.88. The Labute approximate surface area is 148 Å². The van der Waals surface area contributed by atoms with Crippen LogP contribution < -0.4 is 15.0 Å². The number of aryl methyl sites for hydroxylation is 1. The second-order valence-electron chi connectivity index (χ2n) is 6.13. The van der Waals surface area contributed by atoms with Gasteiger partial charge in [0.05, 0.1) is 17.9 Å². The van der Waals surface area contributed by atoms with Gasteiger partial charge in [0.25, 0.3) is 5.91 Å². The van der Waals surface area contributed by atoms with Crippen molar-refractivity contribution in [2.75, 3.05) is 29.9 Å². The number of ether oxygens (including phenoxy) is 1. The molecule has 0 aliphatic carbocycles. The van der Waals surface area contributed by atoms with Gasteiger partial charge >= 0.3 is 0 Å². The van der Waals surface area contributed by atoms with Crippen LogP contribution in [0.3, 0.4) is 0 Å². The molecule has 0 unspecified atom stereocenters. The molecule has 25 heavy (non-hydrogen) atoms. The molecule has 0 spiro atoms. The predicted molar refractivity (Wildman–Crippen MR) is 98.4 cm³/mol. The lowest BCUT2D eigenvalue weighted by Gasteiger charge is -2.26. The van der Waals surface area contributed by atoms with Gasteiger partial charge in [-0.3, -0.25) is 4.79 Å². The number of aromatic nitrogens is 2. The van der Waals surface area contributed by atoms with Crippen molar-refractivity contribution in [3.8, 4) is 5.75 Å². The first-order valence-corrected chi connectivity index (χ1v) is 8.80. The summed E-state index contributed by atoms with van der Waals surface area (Å²) in [6.45, 7) is 6.37. The summed E-state index contributed by atoms with van der Waals surface area (Å²) in [7, 11) is 0. The summed E-state index contributed by atoms with van der Waals surface area (Å²) in [5.41, 5.74) is 1.90. The first kappa shape index (κ1) is 17.2. The molecule has 0 atom stereocenters. The zero-order chi connectivity index (χ0) is 17.6. The molecule has 6 heteroatoms. The molecule has 1 saturated heterocycles. The number of hydrogen-bond acceptors (Lipinski definition) is 5. The highest BCUT2D eigenvalue weighted by Gasteiger charge is 2.17. The third kappa shape index (κ3) is 4.26. The van der Waals surface area contributed by atoms with Crippen LogP contribution >= 0.6 is 0 Å². The van der Waals surface area contributed by atoms with Gasteiger partial charge in [0, 0.05) is 25.0 Å². The second-order valence-corrected chi connectivity index (χ2v) is 6.13. The summed E-state index contributed by atoms with van der Waals surface area (Å²) in [5.74, 6) is 1.30. The molecule has 1 fully saturated rings. The van der Waals surface area contributed by atoms with Crippen LogP contribution in [0.25, 0.3) is 0 Å². The van der Waals surface area contributed by atoms with Crippen LogP contribution in [-0.4, -0.2) is 35.6 Å². The summed E-state index contributed by atoms with van der Waals surface area (Å²) < 4.78 is 5.40. The number of hydrogen-bond donors (Lipinski definition) is 1. The molecule has 0 radical (unpaired) electrons. The summed E-state index contributed by atoms with van der Waals surface area (Å²) in [6, 6.07) is 7.31. The molecular weight excluding hydrogens is 316 g/mol. The molecule has 1 amide bonds. The third-order valence-corrected chi connectivity index (χ3v) is 4.27. The lowest BCUT2D eigenvalue weighted by molar-refractivity contribution is 0.102. The molecule has 1 N–H and O–H groups in total. The van der Waals surface area contributed by atoms with E-state index in [1.807, 2.05) is 38.1 Å². The fourth-order valence-electron chi connectivity index (χ4n) is 2.92. The minimum absolute atomic E-state index is 0.202. The van der Waals surface area contributed by atoms with E-state index < -0.39 is 0 Å². The Hall–Kier alpha value is -2.63. The van der Waals surface area contributed by atoms with Gasteiger partial charge in [0.2, 0.25) is 5.95 Å². The van der Waals surface area contributed by atoms with Gasteiger partial charge in [-0.15, -0.1) is 0 Å². The summed E-state index contributed by atoms with van der Waals surface area (Å²) in [6.07, 6.45) is 5.22. The van der Waals surface area contributed by atoms with Gasteiger partial charge in [0.15, 0.2) is 0 Å². The van der Waals surface area contributed by atoms with Gasteiger partial charge in [-0.1, -0.05) is 0 Å². The SMILES string of the molecule is CCOc1ccc(NC(=O)c2cnc(N3CCCCC3)nc2C)cc1. The highest BCUT2D eigenvalue weighted by molar-refractivity contribution is 6.04.